The fraction of sp³-hybridized carbons (Fsp3) is 0.100. The zero-order valence-electron chi connectivity index (χ0n) is 7.49. The topological polar surface area (TPSA) is 33.1 Å². The number of nitrogens with zero attached hydrogens (tertiary/aromatic N) is 1. The normalized spacial score (nSPS) is 10.4. The highest BCUT2D eigenvalue weighted by atomic mass is 35.5. The Hall–Kier alpha value is -1.06. The third kappa shape index (κ3) is 1.61. The number of phenolic OH excluding ortho intramolecular Hbond substituents is 1. The van der Waals surface area contributed by atoms with E-state index in [1.807, 2.05) is 6.92 Å². The van der Waals surface area contributed by atoms with Crippen LogP contribution in [0, 0.1) is 6.92 Å². The number of phenols is 1. The standard InChI is InChI=1S/C10H8ClNOS/c1-6-5-12-14-10(6)8-4-7(11)2-3-9(8)13/h2-5,13H,1H3. The summed E-state index contributed by atoms with van der Waals surface area (Å²) in [5.74, 6) is 0.238. The van der Waals surface area contributed by atoms with Gasteiger partial charge in [0, 0.05) is 16.8 Å². The maximum absolute atomic E-state index is 9.65. The number of halogens is 1. The van der Waals surface area contributed by atoms with Crippen LogP contribution in [0.25, 0.3) is 10.4 Å². The SMILES string of the molecule is Cc1cnsc1-c1cc(Cl)ccc1O. The van der Waals surface area contributed by atoms with Crippen LogP contribution in [-0.4, -0.2) is 9.48 Å². The molecule has 0 unspecified atom stereocenters. The van der Waals surface area contributed by atoms with Gasteiger partial charge in [0.2, 0.25) is 0 Å². The zero-order valence-corrected chi connectivity index (χ0v) is 9.06. The first-order chi connectivity index (χ1) is 6.68. The van der Waals surface area contributed by atoms with E-state index < -0.39 is 0 Å². The third-order valence-electron chi connectivity index (χ3n) is 1.95. The molecule has 72 valence electrons. The van der Waals surface area contributed by atoms with Crippen LogP contribution in [0.5, 0.6) is 5.75 Å². The molecule has 0 saturated heterocycles. The van der Waals surface area contributed by atoms with Crippen molar-refractivity contribution in [2.24, 2.45) is 0 Å². The molecule has 0 aliphatic heterocycles. The molecule has 0 radical (unpaired) electrons. The first-order valence-electron chi connectivity index (χ1n) is 4.08. The first kappa shape index (κ1) is 9.49. The van der Waals surface area contributed by atoms with Gasteiger partial charge in [0.1, 0.15) is 5.75 Å². The van der Waals surface area contributed by atoms with Gasteiger partial charge in [-0.3, -0.25) is 0 Å². The monoisotopic (exact) mass is 225 g/mol. The smallest absolute Gasteiger partial charge is 0.124 e. The van der Waals surface area contributed by atoms with Gasteiger partial charge in [-0.1, -0.05) is 11.6 Å². The molecule has 0 saturated carbocycles. The van der Waals surface area contributed by atoms with Crippen LogP contribution >= 0.6 is 23.1 Å². The van der Waals surface area contributed by atoms with Crippen molar-refractivity contribution in [1.82, 2.24) is 4.37 Å². The molecule has 14 heavy (non-hydrogen) atoms. The van der Waals surface area contributed by atoms with Crippen LogP contribution in [0.15, 0.2) is 24.4 Å². The second kappa shape index (κ2) is 3.59. The van der Waals surface area contributed by atoms with Gasteiger partial charge in [-0.15, -0.1) is 0 Å². The Morgan fingerprint density at radius 1 is 1.43 bits per heavy atom. The summed E-state index contributed by atoms with van der Waals surface area (Å²) in [6, 6.07) is 5.00. The minimum atomic E-state index is 0.238. The van der Waals surface area contributed by atoms with Gasteiger partial charge in [0.25, 0.3) is 0 Å². The lowest BCUT2D eigenvalue weighted by Crippen LogP contribution is -1.77. The fourth-order valence-corrected chi connectivity index (χ4v) is 2.19. The van der Waals surface area contributed by atoms with Gasteiger partial charge in [-0.2, -0.15) is 0 Å². The predicted molar refractivity (Wildman–Crippen MR) is 59.0 cm³/mol. The Balaban J connectivity index is 2.62. The number of aromatic hydroxyl groups is 1. The summed E-state index contributed by atoms with van der Waals surface area (Å²) in [6.07, 6.45) is 1.78. The van der Waals surface area contributed by atoms with Crippen molar-refractivity contribution >= 4 is 23.1 Å². The van der Waals surface area contributed by atoms with Crippen LogP contribution in [0.4, 0.5) is 0 Å². The van der Waals surface area contributed by atoms with E-state index in [1.54, 1.807) is 24.4 Å². The first-order valence-corrected chi connectivity index (χ1v) is 5.24. The number of hydrogen-bond donors (Lipinski definition) is 1. The quantitative estimate of drug-likeness (QED) is 0.806. The number of aryl methyl sites for hydroxylation is 1. The van der Waals surface area contributed by atoms with Gasteiger partial charge in [-0.05, 0) is 42.2 Å². The number of rotatable bonds is 1. The molecule has 0 atom stereocenters. The summed E-state index contributed by atoms with van der Waals surface area (Å²) < 4.78 is 4.06. The van der Waals surface area contributed by atoms with E-state index in [0.29, 0.717) is 5.02 Å². The molecule has 4 heteroatoms. The van der Waals surface area contributed by atoms with E-state index >= 15 is 0 Å². The molecule has 0 fully saturated rings. The zero-order chi connectivity index (χ0) is 10.1. The van der Waals surface area contributed by atoms with Crippen LogP contribution in [0.2, 0.25) is 5.02 Å². The lowest BCUT2D eigenvalue weighted by atomic mass is 10.1. The number of benzene rings is 1. The Labute approximate surface area is 91.0 Å². The molecule has 2 nitrogen and oxygen atoms in total. The van der Waals surface area contributed by atoms with Gasteiger partial charge < -0.3 is 5.11 Å². The summed E-state index contributed by atoms with van der Waals surface area (Å²) in [6.45, 7) is 1.96. The van der Waals surface area contributed by atoms with Gasteiger partial charge >= 0.3 is 0 Å². The summed E-state index contributed by atoms with van der Waals surface area (Å²) in [5.41, 5.74) is 1.80. The highest BCUT2D eigenvalue weighted by Gasteiger charge is 2.09. The number of aromatic nitrogens is 1. The van der Waals surface area contributed by atoms with E-state index in [9.17, 15) is 5.11 Å². The van der Waals surface area contributed by atoms with E-state index in [-0.39, 0.29) is 5.75 Å². The molecule has 0 amide bonds. The van der Waals surface area contributed by atoms with E-state index in [2.05, 4.69) is 4.37 Å². The van der Waals surface area contributed by atoms with E-state index in [0.717, 1.165) is 16.0 Å². The van der Waals surface area contributed by atoms with Crippen molar-refractivity contribution in [2.75, 3.05) is 0 Å². The Morgan fingerprint density at radius 3 is 2.86 bits per heavy atom. The molecule has 2 aromatic rings. The van der Waals surface area contributed by atoms with Crippen LogP contribution in [0.1, 0.15) is 5.56 Å². The summed E-state index contributed by atoms with van der Waals surface area (Å²) in [7, 11) is 0. The highest BCUT2D eigenvalue weighted by molar-refractivity contribution is 7.09. The predicted octanol–water partition coefficient (Wildman–Crippen LogP) is 3.48. The molecule has 0 aliphatic rings. The number of hydrogen-bond acceptors (Lipinski definition) is 3. The molecule has 1 aromatic carbocycles. The summed E-state index contributed by atoms with van der Waals surface area (Å²) >= 11 is 7.22. The molecular formula is C10H8ClNOS. The minimum absolute atomic E-state index is 0.238. The van der Waals surface area contributed by atoms with Crippen molar-refractivity contribution in [1.29, 1.82) is 0 Å². The van der Waals surface area contributed by atoms with Gasteiger partial charge in [-0.25, -0.2) is 4.37 Å². The minimum Gasteiger partial charge on any atom is -0.507 e. The Kier molecular flexibility index (Phi) is 2.44. The van der Waals surface area contributed by atoms with Crippen molar-refractivity contribution in [3.63, 3.8) is 0 Å². The van der Waals surface area contributed by atoms with Gasteiger partial charge in [0.15, 0.2) is 0 Å². The average Bonchev–Trinajstić information content (AvgIpc) is 2.56. The fourth-order valence-electron chi connectivity index (χ4n) is 1.24. The molecule has 1 aromatic heterocycles. The maximum atomic E-state index is 9.65. The van der Waals surface area contributed by atoms with Crippen molar-refractivity contribution in [2.45, 2.75) is 6.92 Å². The molecule has 2 rings (SSSR count). The lowest BCUT2D eigenvalue weighted by Gasteiger charge is -2.02. The Bertz CT molecular complexity index is 467. The largest absolute Gasteiger partial charge is 0.507 e. The Morgan fingerprint density at radius 2 is 2.21 bits per heavy atom. The van der Waals surface area contributed by atoms with E-state index in [4.69, 9.17) is 11.6 Å². The average molecular weight is 226 g/mol. The molecule has 1 N–H and O–H groups in total. The van der Waals surface area contributed by atoms with E-state index in [1.165, 1.54) is 11.5 Å². The molecule has 0 aliphatic carbocycles. The molecule has 1 heterocycles. The summed E-state index contributed by atoms with van der Waals surface area (Å²) in [5, 5.41) is 10.3. The molecule has 0 bridgehead atoms. The third-order valence-corrected chi connectivity index (χ3v) is 3.12. The van der Waals surface area contributed by atoms with Gasteiger partial charge in [0.05, 0.1) is 4.88 Å². The molecular weight excluding hydrogens is 218 g/mol. The van der Waals surface area contributed by atoms with Crippen LogP contribution in [-0.2, 0) is 0 Å². The van der Waals surface area contributed by atoms with Crippen molar-refractivity contribution in [3.8, 4) is 16.2 Å². The maximum Gasteiger partial charge on any atom is 0.124 e. The second-order valence-corrected chi connectivity index (χ2v) is 4.24. The van der Waals surface area contributed by atoms with Crippen molar-refractivity contribution in [3.05, 3.63) is 35.0 Å². The summed E-state index contributed by atoms with van der Waals surface area (Å²) in [4.78, 5) is 0.963. The second-order valence-electron chi connectivity index (χ2n) is 3.00. The van der Waals surface area contributed by atoms with Crippen LogP contribution in [0.3, 0.4) is 0 Å². The van der Waals surface area contributed by atoms with Crippen molar-refractivity contribution < 1.29 is 5.11 Å². The lowest BCUT2D eigenvalue weighted by molar-refractivity contribution is 0.477. The highest BCUT2D eigenvalue weighted by Crippen LogP contribution is 2.35. The molecule has 0 spiro atoms. The van der Waals surface area contributed by atoms with Crippen LogP contribution < -0.4 is 0 Å².